The third-order valence-corrected chi connectivity index (χ3v) is 7.57. The summed E-state index contributed by atoms with van der Waals surface area (Å²) >= 11 is 0. The molecule has 216 valence electrons. The summed E-state index contributed by atoms with van der Waals surface area (Å²) in [4.78, 5) is 7.38. The molecule has 0 aliphatic carbocycles. The number of nitrogens with zero attached hydrogens (tertiary/aromatic N) is 3. The third-order valence-electron chi connectivity index (χ3n) is 7.57. The van der Waals surface area contributed by atoms with Crippen LogP contribution >= 0.6 is 0 Å². The van der Waals surface area contributed by atoms with Gasteiger partial charge in [-0.25, -0.2) is 8.78 Å². The van der Waals surface area contributed by atoms with Crippen LogP contribution in [0.1, 0.15) is 94.9 Å². The first-order chi connectivity index (χ1) is 16.7. The number of likely N-dealkylation sites (tertiary alicyclic amines) is 3. The molecule has 4 unspecified atom stereocenters. The molecule has 0 spiro atoms. The lowest BCUT2D eigenvalue weighted by molar-refractivity contribution is -0.100. The predicted molar refractivity (Wildman–Crippen MR) is 154 cm³/mol. The Morgan fingerprint density at radius 1 is 0.639 bits per heavy atom. The molecule has 0 aromatic heterocycles. The van der Waals surface area contributed by atoms with E-state index in [0.717, 1.165) is 36.1 Å². The summed E-state index contributed by atoms with van der Waals surface area (Å²) in [7, 11) is 0. The van der Waals surface area contributed by atoms with E-state index in [0.29, 0.717) is 19.0 Å². The van der Waals surface area contributed by atoms with E-state index in [2.05, 4.69) is 77.0 Å². The molecule has 3 aliphatic rings. The summed E-state index contributed by atoms with van der Waals surface area (Å²) in [6.45, 7) is 32.2. The molecule has 0 aromatic rings. The van der Waals surface area contributed by atoms with Gasteiger partial charge in [0.05, 0.1) is 0 Å². The minimum absolute atomic E-state index is 0.0287. The zero-order valence-electron chi connectivity index (χ0n) is 25.8. The van der Waals surface area contributed by atoms with Crippen molar-refractivity contribution in [2.75, 3.05) is 58.9 Å². The van der Waals surface area contributed by atoms with E-state index in [1.807, 2.05) is 0 Å². The Morgan fingerprint density at radius 3 is 1.53 bits per heavy atom. The highest BCUT2D eigenvalue weighted by Crippen LogP contribution is 2.33. The molecule has 4 atom stereocenters. The monoisotopic (exact) mass is 515 g/mol. The summed E-state index contributed by atoms with van der Waals surface area (Å²) in [5.74, 6) is 2.05. The third kappa shape index (κ3) is 14.6. The van der Waals surface area contributed by atoms with Gasteiger partial charge in [-0.2, -0.15) is 0 Å². The lowest BCUT2D eigenvalue weighted by Crippen LogP contribution is -2.46. The molecule has 0 bridgehead atoms. The van der Waals surface area contributed by atoms with Crippen molar-refractivity contribution in [1.29, 1.82) is 0 Å². The topological polar surface area (TPSA) is 9.72 Å². The van der Waals surface area contributed by atoms with E-state index in [1.165, 1.54) is 58.5 Å². The van der Waals surface area contributed by atoms with Gasteiger partial charge < -0.3 is 14.7 Å². The van der Waals surface area contributed by atoms with Gasteiger partial charge >= 0.3 is 0 Å². The molecular weight excluding hydrogens is 452 g/mol. The normalized spacial score (nSPS) is 30.1. The zero-order chi connectivity index (χ0) is 27.5. The second kappa shape index (κ2) is 16.6. The maximum Gasteiger partial charge on any atom is 0.253 e. The maximum absolute atomic E-state index is 13.1. The van der Waals surface area contributed by atoms with E-state index in [-0.39, 0.29) is 6.42 Å². The van der Waals surface area contributed by atoms with Gasteiger partial charge in [-0.05, 0) is 61.3 Å². The van der Waals surface area contributed by atoms with Gasteiger partial charge in [-0.15, -0.1) is 0 Å². The molecule has 0 aromatic carbocycles. The van der Waals surface area contributed by atoms with Gasteiger partial charge in [-0.1, -0.05) is 69.2 Å². The second-order valence-electron chi connectivity index (χ2n) is 14.0. The van der Waals surface area contributed by atoms with Gasteiger partial charge in [0.2, 0.25) is 0 Å². The molecule has 3 rings (SSSR count). The summed E-state index contributed by atoms with van der Waals surface area (Å²) < 4.78 is 26.2. The lowest BCUT2D eigenvalue weighted by Gasteiger charge is -2.37. The molecule has 3 fully saturated rings. The molecule has 36 heavy (non-hydrogen) atoms. The quantitative estimate of drug-likeness (QED) is 0.360. The Hall–Kier alpha value is -0.260. The van der Waals surface area contributed by atoms with Crippen molar-refractivity contribution < 1.29 is 8.78 Å². The van der Waals surface area contributed by atoms with E-state index in [1.54, 1.807) is 6.92 Å². The smallest absolute Gasteiger partial charge is 0.253 e. The zero-order valence-corrected chi connectivity index (χ0v) is 25.8. The Morgan fingerprint density at radius 2 is 1.08 bits per heavy atom. The first kappa shape index (κ1) is 33.8. The fourth-order valence-electron chi connectivity index (χ4n) is 6.27. The molecule has 0 amide bonds. The van der Waals surface area contributed by atoms with Crippen LogP contribution in [0.25, 0.3) is 0 Å². The Balaban J connectivity index is 0.000000271. The van der Waals surface area contributed by atoms with E-state index >= 15 is 0 Å². The van der Waals surface area contributed by atoms with Crippen molar-refractivity contribution in [2.45, 2.75) is 101 Å². The van der Waals surface area contributed by atoms with Crippen molar-refractivity contribution in [3.05, 3.63) is 0 Å². The van der Waals surface area contributed by atoms with Crippen molar-refractivity contribution in [3.63, 3.8) is 0 Å². The van der Waals surface area contributed by atoms with Crippen molar-refractivity contribution in [3.8, 4) is 0 Å². The van der Waals surface area contributed by atoms with Crippen LogP contribution in [-0.2, 0) is 0 Å². The minimum atomic E-state index is -2.44. The van der Waals surface area contributed by atoms with Gasteiger partial charge in [0.15, 0.2) is 0 Å². The van der Waals surface area contributed by atoms with Crippen LogP contribution in [0.2, 0.25) is 0 Å². The van der Waals surface area contributed by atoms with Crippen LogP contribution in [0.15, 0.2) is 0 Å². The Bertz CT molecular complexity index is 551. The summed E-state index contributed by atoms with van der Waals surface area (Å²) in [5, 5.41) is 0. The number of rotatable bonds is 6. The first-order valence-corrected chi connectivity index (χ1v) is 15.2. The van der Waals surface area contributed by atoms with E-state index in [4.69, 9.17) is 0 Å². The molecule has 5 heteroatoms. The summed E-state index contributed by atoms with van der Waals surface area (Å²) in [6.07, 6.45) is 4.30. The van der Waals surface area contributed by atoms with Crippen molar-refractivity contribution in [2.24, 2.45) is 41.4 Å². The number of hydrogen-bond donors (Lipinski definition) is 0. The average molecular weight is 516 g/mol. The minimum Gasteiger partial charge on any atom is -0.303 e. The van der Waals surface area contributed by atoms with Crippen LogP contribution in [0.4, 0.5) is 8.78 Å². The predicted octanol–water partition coefficient (Wildman–Crippen LogP) is 7.61. The molecule has 3 nitrogen and oxygen atoms in total. The van der Waals surface area contributed by atoms with Gasteiger partial charge in [0.1, 0.15) is 0 Å². The van der Waals surface area contributed by atoms with Gasteiger partial charge in [0.25, 0.3) is 5.92 Å². The Labute approximate surface area is 224 Å². The van der Waals surface area contributed by atoms with Gasteiger partial charge in [-0.3, -0.25) is 0 Å². The van der Waals surface area contributed by atoms with Crippen LogP contribution in [0, 0.1) is 41.4 Å². The van der Waals surface area contributed by atoms with Crippen LogP contribution in [-0.4, -0.2) is 79.5 Å². The molecule has 0 N–H and O–H groups in total. The maximum atomic E-state index is 13.1. The highest BCUT2D eigenvalue weighted by molar-refractivity contribution is 4.83. The number of alkyl halides is 2. The second-order valence-corrected chi connectivity index (χ2v) is 14.0. The summed E-state index contributed by atoms with van der Waals surface area (Å²) in [5.41, 5.74) is 0. The highest BCUT2D eigenvalue weighted by Gasteiger charge is 2.40. The van der Waals surface area contributed by atoms with Crippen molar-refractivity contribution >= 4 is 0 Å². The van der Waals surface area contributed by atoms with Gasteiger partial charge in [0, 0.05) is 64.7 Å². The first-order valence-electron chi connectivity index (χ1n) is 15.2. The van der Waals surface area contributed by atoms with Crippen molar-refractivity contribution in [1.82, 2.24) is 14.7 Å². The molecule has 0 saturated carbocycles. The molecule has 3 aliphatic heterocycles. The van der Waals surface area contributed by atoms with E-state index < -0.39 is 11.8 Å². The highest BCUT2D eigenvalue weighted by atomic mass is 19.3. The Kier molecular flexibility index (Phi) is 15.6. The number of piperidine rings is 3. The molecule has 0 radical (unpaired) electrons. The largest absolute Gasteiger partial charge is 0.303 e. The fourth-order valence-corrected chi connectivity index (χ4v) is 6.27. The SMILES string of the molecule is CC(C)CN1CC(C)CC(C)C1.CC(C)CN1CCC(F)(F)C(C)C1.CC(C)CN1CCCC(C)C1. The molecular formula is C31H63F2N3. The van der Waals surface area contributed by atoms with E-state index in [9.17, 15) is 8.78 Å². The fraction of sp³-hybridized carbons (Fsp3) is 1.00. The molecule has 3 saturated heterocycles. The summed E-state index contributed by atoms with van der Waals surface area (Å²) in [6, 6.07) is 0. The van der Waals surface area contributed by atoms with Crippen LogP contribution in [0.5, 0.6) is 0 Å². The number of hydrogen-bond acceptors (Lipinski definition) is 3. The lowest BCUT2D eigenvalue weighted by atomic mass is 9.91. The number of halogens is 2. The average Bonchev–Trinajstić information content (AvgIpc) is 2.70. The molecule has 3 heterocycles. The van der Waals surface area contributed by atoms with Crippen LogP contribution < -0.4 is 0 Å². The standard InChI is InChI=1S/C11H23N.C10H19F2N.C10H21N/c1-9(2)6-12-7-10(3)5-11(4)8-12;1-8(2)6-13-5-4-10(11,12)9(3)7-13;1-9(2)7-11-6-4-5-10(3)8-11/h9-11H,5-8H2,1-4H3;8-9H,4-7H2,1-3H3;9-10H,4-8H2,1-3H3. The van der Waals surface area contributed by atoms with Crippen LogP contribution in [0.3, 0.4) is 0 Å².